The fourth-order valence-corrected chi connectivity index (χ4v) is 2.53. The molecule has 2 aromatic rings. The quantitative estimate of drug-likeness (QED) is 0.835. The molecule has 1 aromatic carbocycles. The lowest BCUT2D eigenvalue weighted by atomic mass is 10.0. The van der Waals surface area contributed by atoms with E-state index < -0.39 is 17.6 Å². The van der Waals surface area contributed by atoms with E-state index in [0.717, 1.165) is 37.9 Å². The number of hydrogen-bond acceptors (Lipinski definition) is 3. The summed E-state index contributed by atoms with van der Waals surface area (Å²) in [6.45, 7) is 0.871. The maximum Gasteiger partial charge on any atom is 0.419 e. The van der Waals surface area contributed by atoms with E-state index in [1.165, 1.54) is 6.07 Å². The average Bonchev–Trinajstić information content (AvgIpc) is 2.97. The number of rotatable bonds is 2. The van der Waals surface area contributed by atoms with E-state index in [-0.39, 0.29) is 17.4 Å². The largest absolute Gasteiger partial charge is 0.419 e. The van der Waals surface area contributed by atoms with Crippen LogP contribution in [0.5, 0.6) is 0 Å². The second-order valence-electron chi connectivity index (χ2n) is 5.24. The minimum Gasteiger partial charge on any atom is -0.307 e. The molecule has 0 bridgehead atoms. The molecule has 2 N–H and O–H groups in total. The maximum atomic E-state index is 13.3. The standard InChI is InChI=1S/C14H14F4N4/c15-10-5-4-8(7-9(10)14(16,17)18)12-20-13(22-21-12)11-3-1-2-6-19-11/h4-5,7,11,19H,1-3,6H2,(H,20,21,22). The highest BCUT2D eigenvalue weighted by molar-refractivity contribution is 5.56. The van der Waals surface area contributed by atoms with Gasteiger partial charge in [-0.2, -0.15) is 18.3 Å². The van der Waals surface area contributed by atoms with E-state index in [2.05, 4.69) is 20.5 Å². The molecular weight excluding hydrogens is 300 g/mol. The summed E-state index contributed by atoms with van der Waals surface area (Å²) in [7, 11) is 0. The van der Waals surface area contributed by atoms with Crippen LogP contribution in [-0.2, 0) is 6.18 Å². The molecule has 3 rings (SSSR count). The molecule has 1 unspecified atom stereocenters. The number of nitrogens with zero attached hydrogens (tertiary/aromatic N) is 2. The van der Waals surface area contributed by atoms with Crippen molar-refractivity contribution in [3.63, 3.8) is 0 Å². The highest BCUT2D eigenvalue weighted by Gasteiger charge is 2.34. The van der Waals surface area contributed by atoms with Gasteiger partial charge in [0.25, 0.3) is 0 Å². The summed E-state index contributed by atoms with van der Waals surface area (Å²) >= 11 is 0. The van der Waals surface area contributed by atoms with Crippen molar-refractivity contribution in [1.29, 1.82) is 0 Å². The number of halogens is 4. The Bertz CT molecular complexity index is 659. The first-order valence-corrected chi connectivity index (χ1v) is 6.98. The van der Waals surface area contributed by atoms with Crippen LogP contribution in [0.3, 0.4) is 0 Å². The molecule has 22 heavy (non-hydrogen) atoms. The van der Waals surface area contributed by atoms with Crippen molar-refractivity contribution in [3.8, 4) is 11.4 Å². The van der Waals surface area contributed by atoms with Gasteiger partial charge in [-0.3, -0.25) is 5.10 Å². The van der Waals surface area contributed by atoms with Crippen molar-refractivity contribution in [2.24, 2.45) is 0 Å². The Morgan fingerprint density at radius 2 is 2.00 bits per heavy atom. The topological polar surface area (TPSA) is 53.6 Å². The normalized spacial score (nSPS) is 19.4. The first kappa shape index (κ1) is 15.0. The lowest BCUT2D eigenvalue weighted by Crippen LogP contribution is -2.27. The first-order chi connectivity index (χ1) is 10.4. The van der Waals surface area contributed by atoms with Crippen LogP contribution in [0.15, 0.2) is 18.2 Å². The summed E-state index contributed by atoms with van der Waals surface area (Å²) in [5.41, 5.74) is -1.18. The minimum absolute atomic E-state index is 0.0255. The molecule has 1 aromatic heterocycles. The summed E-state index contributed by atoms with van der Waals surface area (Å²) < 4.78 is 51.5. The third kappa shape index (κ3) is 2.96. The molecule has 2 heterocycles. The van der Waals surface area contributed by atoms with Gasteiger partial charge in [0.2, 0.25) is 0 Å². The van der Waals surface area contributed by atoms with Crippen molar-refractivity contribution in [1.82, 2.24) is 20.5 Å². The van der Waals surface area contributed by atoms with Gasteiger partial charge in [-0.1, -0.05) is 6.42 Å². The van der Waals surface area contributed by atoms with Crippen molar-refractivity contribution >= 4 is 0 Å². The van der Waals surface area contributed by atoms with Gasteiger partial charge in [0.1, 0.15) is 11.6 Å². The number of nitrogens with one attached hydrogen (secondary N) is 2. The Labute approximate surface area is 124 Å². The summed E-state index contributed by atoms with van der Waals surface area (Å²) in [4.78, 5) is 4.24. The van der Waals surface area contributed by atoms with Crippen LogP contribution in [0, 0.1) is 5.82 Å². The van der Waals surface area contributed by atoms with Gasteiger partial charge in [-0.15, -0.1) is 0 Å². The van der Waals surface area contributed by atoms with Crippen LogP contribution in [0.1, 0.15) is 36.7 Å². The van der Waals surface area contributed by atoms with E-state index in [4.69, 9.17) is 0 Å². The van der Waals surface area contributed by atoms with Crippen molar-refractivity contribution in [3.05, 3.63) is 35.4 Å². The Hall–Kier alpha value is -1.96. The number of aromatic amines is 1. The van der Waals surface area contributed by atoms with Gasteiger partial charge < -0.3 is 5.32 Å². The molecule has 1 aliphatic rings. The van der Waals surface area contributed by atoms with Gasteiger partial charge in [-0.25, -0.2) is 9.37 Å². The van der Waals surface area contributed by atoms with Crippen LogP contribution < -0.4 is 5.32 Å². The first-order valence-electron chi connectivity index (χ1n) is 6.98. The number of aromatic nitrogens is 3. The summed E-state index contributed by atoms with van der Waals surface area (Å²) in [6, 6.07) is 2.78. The molecule has 0 saturated carbocycles. The molecule has 1 atom stereocenters. The van der Waals surface area contributed by atoms with Crippen molar-refractivity contribution in [2.45, 2.75) is 31.5 Å². The van der Waals surface area contributed by atoms with Crippen LogP contribution in [-0.4, -0.2) is 21.7 Å². The van der Waals surface area contributed by atoms with E-state index in [0.29, 0.717) is 5.82 Å². The molecule has 1 fully saturated rings. The average molecular weight is 314 g/mol. The fourth-order valence-electron chi connectivity index (χ4n) is 2.53. The monoisotopic (exact) mass is 314 g/mol. The van der Waals surface area contributed by atoms with Crippen LogP contribution in [0.4, 0.5) is 17.6 Å². The summed E-state index contributed by atoms with van der Waals surface area (Å²) in [5, 5.41) is 9.97. The molecule has 8 heteroatoms. The summed E-state index contributed by atoms with van der Waals surface area (Å²) in [6.07, 6.45) is -1.71. The smallest absolute Gasteiger partial charge is 0.307 e. The molecule has 1 aliphatic heterocycles. The molecule has 1 saturated heterocycles. The molecule has 118 valence electrons. The fraction of sp³-hybridized carbons (Fsp3) is 0.429. The van der Waals surface area contributed by atoms with Gasteiger partial charge in [0.15, 0.2) is 5.82 Å². The number of alkyl halides is 3. The maximum absolute atomic E-state index is 13.3. The Morgan fingerprint density at radius 1 is 1.18 bits per heavy atom. The molecule has 0 radical (unpaired) electrons. The predicted molar refractivity (Wildman–Crippen MR) is 71.4 cm³/mol. The molecule has 4 nitrogen and oxygen atoms in total. The number of H-pyrrole nitrogens is 1. The molecule has 0 aliphatic carbocycles. The van der Waals surface area contributed by atoms with Gasteiger partial charge in [0, 0.05) is 5.56 Å². The highest BCUT2D eigenvalue weighted by Crippen LogP contribution is 2.33. The SMILES string of the molecule is Fc1ccc(-c2n[nH]c(C3CCCCN3)n2)cc1C(F)(F)F. The van der Waals surface area contributed by atoms with Crippen LogP contribution in [0.2, 0.25) is 0 Å². The zero-order valence-electron chi connectivity index (χ0n) is 11.5. The number of piperidine rings is 1. The van der Waals surface area contributed by atoms with E-state index in [1.54, 1.807) is 0 Å². The Morgan fingerprint density at radius 3 is 2.68 bits per heavy atom. The second kappa shape index (κ2) is 5.68. The Kier molecular flexibility index (Phi) is 3.86. The lowest BCUT2D eigenvalue weighted by molar-refractivity contribution is -0.139. The third-order valence-corrected chi connectivity index (χ3v) is 3.67. The number of benzene rings is 1. The number of hydrogen-bond donors (Lipinski definition) is 2. The van der Waals surface area contributed by atoms with Crippen LogP contribution >= 0.6 is 0 Å². The minimum atomic E-state index is -4.75. The zero-order chi connectivity index (χ0) is 15.7. The van der Waals surface area contributed by atoms with Crippen molar-refractivity contribution in [2.75, 3.05) is 6.54 Å². The van der Waals surface area contributed by atoms with Gasteiger partial charge in [0.05, 0.1) is 11.6 Å². The molecule has 0 amide bonds. The van der Waals surface area contributed by atoms with E-state index in [9.17, 15) is 17.6 Å². The van der Waals surface area contributed by atoms with E-state index >= 15 is 0 Å². The van der Waals surface area contributed by atoms with Crippen molar-refractivity contribution < 1.29 is 17.6 Å². The molecular formula is C14H14F4N4. The Balaban J connectivity index is 1.90. The van der Waals surface area contributed by atoms with Gasteiger partial charge >= 0.3 is 6.18 Å². The van der Waals surface area contributed by atoms with Gasteiger partial charge in [-0.05, 0) is 37.6 Å². The second-order valence-corrected chi connectivity index (χ2v) is 5.24. The lowest BCUT2D eigenvalue weighted by Gasteiger charge is -2.20. The van der Waals surface area contributed by atoms with E-state index in [1.807, 2.05) is 0 Å². The zero-order valence-corrected chi connectivity index (χ0v) is 11.5. The predicted octanol–water partition coefficient (Wildman–Crippen LogP) is 3.44. The third-order valence-electron chi connectivity index (χ3n) is 3.67. The summed E-state index contributed by atoms with van der Waals surface area (Å²) in [5.74, 6) is -0.582. The van der Waals surface area contributed by atoms with Crippen LogP contribution in [0.25, 0.3) is 11.4 Å². The highest BCUT2D eigenvalue weighted by atomic mass is 19.4. The molecule has 0 spiro atoms.